The molecule has 19 heavy (non-hydrogen) atoms. The number of anilines is 1. The second-order valence-corrected chi connectivity index (χ2v) is 6.78. The first-order valence-electron chi connectivity index (χ1n) is 6.66. The van der Waals surface area contributed by atoms with Crippen molar-refractivity contribution in [1.29, 1.82) is 0 Å². The fourth-order valence-corrected chi connectivity index (χ4v) is 2.78. The molecule has 1 fully saturated rings. The second-order valence-electron chi connectivity index (χ2n) is 6.03. The quantitative estimate of drug-likeness (QED) is 0.921. The molecule has 5 nitrogen and oxygen atoms in total. The van der Waals surface area contributed by atoms with Crippen LogP contribution in [0.1, 0.15) is 39.4 Å². The SMILES string of the molecule is COC1(CNc2nc(C(C)(C)C)ns2)CCOCC1. The largest absolute Gasteiger partial charge is 0.381 e. The van der Waals surface area contributed by atoms with Crippen LogP contribution in [0.3, 0.4) is 0 Å². The van der Waals surface area contributed by atoms with Crippen molar-refractivity contribution in [3.8, 4) is 0 Å². The Bertz CT molecular complexity index is 408. The van der Waals surface area contributed by atoms with Crippen molar-refractivity contribution in [2.24, 2.45) is 0 Å². The van der Waals surface area contributed by atoms with E-state index in [1.807, 2.05) is 0 Å². The van der Waals surface area contributed by atoms with Crippen molar-refractivity contribution >= 4 is 16.7 Å². The molecule has 1 N–H and O–H groups in total. The Hall–Kier alpha value is -0.720. The zero-order valence-corrected chi connectivity index (χ0v) is 13.0. The van der Waals surface area contributed by atoms with Gasteiger partial charge in [0.05, 0.1) is 5.60 Å². The number of methoxy groups -OCH3 is 1. The van der Waals surface area contributed by atoms with Crippen LogP contribution in [0, 0.1) is 0 Å². The van der Waals surface area contributed by atoms with Gasteiger partial charge in [-0.3, -0.25) is 0 Å². The van der Waals surface area contributed by atoms with Crippen LogP contribution in [0.25, 0.3) is 0 Å². The average molecular weight is 285 g/mol. The summed E-state index contributed by atoms with van der Waals surface area (Å²) in [5.74, 6) is 0.887. The number of nitrogens with one attached hydrogen (secondary N) is 1. The molecule has 1 aliphatic heterocycles. The van der Waals surface area contributed by atoms with E-state index in [4.69, 9.17) is 9.47 Å². The molecule has 1 aliphatic rings. The lowest BCUT2D eigenvalue weighted by molar-refractivity contribution is -0.0807. The van der Waals surface area contributed by atoms with Crippen LogP contribution in [0.2, 0.25) is 0 Å². The first-order chi connectivity index (χ1) is 8.95. The summed E-state index contributed by atoms with van der Waals surface area (Å²) < 4.78 is 15.5. The summed E-state index contributed by atoms with van der Waals surface area (Å²) in [7, 11) is 1.77. The van der Waals surface area contributed by atoms with Crippen molar-refractivity contribution in [3.05, 3.63) is 5.82 Å². The summed E-state index contributed by atoms with van der Waals surface area (Å²) in [5, 5.41) is 4.23. The molecule has 0 bridgehead atoms. The maximum atomic E-state index is 5.69. The van der Waals surface area contributed by atoms with E-state index < -0.39 is 0 Å². The molecule has 6 heteroatoms. The molecule has 0 aromatic carbocycles. The summed E-state index contributed by atoms with van der Waals surface area (Å²) in [5.41, 5.74) is -0.139. The zero-order valence-electron chi connectivity index (χ0n) is 12.2. The number of ether oxygens (including phenoxy) is 2. The third kappa shape index (κ3) is 3.64. The number of rotatable bonds is 4. The molecule has 0 spiro atoms. The summed E-state index contributed by atoms with van der Waals surface area (Å²) >= 11 is 1.42. The van der Waals surface area contributed by atoms with Gasteiger partial charge in [0.15, 0.2) is 0 Å². The molecule has 0 amide bonds. The van der Waals surface area contributed by atoms with Gasteiger partial charge in [0.25, 0.3) is 0 Å². The van der Waals surface area contributed by atoms with Gasteiger partial charge in [-0.15, -0.1) is 0 Å². The molecule has 1 aromatic heterocycles. The van der Waals surface area contributed by atoms with Gasteiger partial charge in [-0.2, -0.15) is 4.37 Å². The minimum Gasteiger partial charge on any atom is -0.381 e. The van der Waals surface area contributed by atoms with Crippen LogP contribution in [-0.4, -0.2) is 41.8 Å². The monoisotopic (exact) mass is 285 g/mol. The highest BCUT2D eigenvalue weighted by molar-refractivity contribution is 7.09. The van der Waals surface area contributed by atoms with Gasteiger partial charge in [-0.25, -0.2) is 4.98 Å². The zero-order chi connectivity index (χ0) is 13.9. The van der Waals surface area contributed by atoms with E-state index in [1.165, 1.54) is 11.5 Å². The first-order valence-corrected chi connectivity index (χ1v) is 7.43. The molecule has 2 rings (SSSR count). The predicted molar refractivity (Wildman–Crippen MR) is 76.9 cm³/mol. The maximum Gasteiger partial charge on any atom is 0.202 e. The van der Waals surface area contributed by atoms with Gasteiger partial charge in [-0.1, -0.05) is 20.8 Å². The molecule has 1 aromatic rings. The van der Waals surface area contributed by atoms with Crippen molar-refractivity contribution in [2.45, 2.75) is 44.6 Å². The van der Waals surface area contributed by atoms with Crippen LogP contribution < -0.4 is 5.32 Å². The van der Waals surface area contributed by atoms with E-state index in [0.29, 0.717) is 0 Å². The lowest BCUT2D eigenvalue weighted by Gasteiger charge is -2.35. The predicted octanol–water partition coefficient (Wildman–Crippen LogP) is 2.44. The number of hydrogen-bond acceptors (Lipinski definition) is 6. The van der Waals surface area contributed by atoms with Crippen molar-refractivity contribution < 1.29 is 9.47 Å². The molecular weight excluding hydrogens is 262 g/mol. The molecule has 2 heterocycles. The van der Waals surface area contributed by atoms with E-state index in [1.54, 1.807) is 7.11 Å². The molecule has 0 aliphatic carbocycles. The number of nitrogens with zero attached hydrogens (tertiary/aromatic N) is 2. The van der Waals surface area contributed by atoms with Crippen molar-refractivity contribution in [2.75, 3.05) is 32.2 Å². The molecule has 0 atom stereocenters. The summed E-state index contributed by atoms with van der Waals surface area (Å²) in [6.07, 6.45) is 1.84. The van der Waals surface area contributed by atoms with Crippen LogP contribution in [0.4, 0.5) is 5.13 Å². The van der Waals surface area contributed by atoms with Gasteiger partial charge in [0, 0.05) is 56.7 Å². The Kier molecular flexibility index (Phi) is 4.43. The Morgan fingerprint density at radius 3 is 2.58 bits per heavy atom. The highest BCUT2D eigenvalue weighted by atomic mass is 32.1. The lowest BCUT2D eigenvalue weighted by atomic mass is 9.94. The van der Waals surface area contributed by atoms with Crippen LogP contribution >= 0.6 is 11.5 Å². The van der Waals surface area contributed by atoms with Gasteiger partial charge in [0.1, 0.15) is 5.82 Å². The standard InChI is InChI=1S/C13H23N3O2S/c1-12(2,3)10-15-11(19-16-10)14-9-13(17-4)5-7-18-8-6-13/h5-9H2,1-4H3,(H,14,15,16). The highest BCUT2D eigenvalue weighted by Crippen LogP contribution is 2.27. The van der Waals surface area contributed by atoms with Crippen molar-refractivity contribution in [1.82, 2.24) is 9.36 Å². The van der Waals surface area contributed by atoms with Gasteiger partial charge in [0.2, 0.25) is 5.13 Å². The average Bonchev–Trinajstić information content (AvgIpc) is 2.86. The van der Waals surface area contributed by atoms with Crippen molar-refractivity contribution in [3.63, 3.8) is 0 Å². The first kappa shape index (κ1) is 14.7. The van der Waals surface area contributed by atoms with Crippen LogP contribution in [0.15, 0.2) is 0 Å². The van der Waals surface area contributed by atoms with Gasteiger partial charge < -0.3 is 14.8 Å². The van der Waals surface area contributed by atoms with E-state index in [0.717, 1.165) is 43.6 Å². The van der Waals surface area contributed by atoms with Crippen LogP contribution in [-0.2, 0) is 14.9 Å². The topological polar surface area (TPSA) is 56.3 Å². The molecule has 0 saturated carbocycles. The fourth-order valence-electron chi connectivity index (χ4n) is 2.03. The Labute approximate surface area is 118 Å². The Morgan fingerprint density at radius 2 is 2.05 bits per heavy atom. The highest BCUT2D eigenvalue weighted by Gasteiger charge is 2.32. The Balaban J connectivity index is 1.96. The number of hydrogen-bond donors (Lipinski definition) is 1. The number of aromatic nitrogens is 2. The summed E-state index contributed by atoms with van der Waals surface area (Å²) in [6.45, 7) is 8.64. The smallest absolute Gasteiger partial charge is 0.202 e. The minimum absolute atomic E-state index is 0.00590. The normalized spacial score (nSPS) is 19.4. The molecular formula is C13H23N3O2S. The lowest BCUT2D eigenvalue weighted by Crippen LogP contribution is -2.44. The third-order valence-corrected chi connectivity index (χ3v) is 4.17. The van der Waals surface area contributed by atoms with Gasteiger partial charge >= 0.3 is 0 Å². The molecule has 0 unspecified atom stereocenters. The fraction of sp³-hybridized carbons (Fsp3) is 0.846. The molecule has 1 saturated heterocycles. The van der Waals surface area contributed by atoms with E-state index in [9.17, 15) is 0 Å². The Morgan fingerprint density at radius 1 is 1.37 bits per heavy atom. The van der Waals surface area contributed by atoms with E-state index >= 15 is 0 Å². The molecule has 0 radical (unpaired) electrons. The molecule has 108 valence electrons. The summed E-state index contributed by atoms with van der Waals surface area (Å²) in [4.78, 5) is 4.54. The third-order valence-electron chi connectivity index (χ3n) is 3.50. The van der Waals surface area contributed by atoms with E-state index in [-0.39, 0.29) is 11.0 Å². The van der Waals surface area contributed by atoms with Crippen LogP contribution in [0.5, 0.6) is 0 Å². The second kappa shape index (κ2) is 5.73. The maximum absolute atomic E-state index is 5.69. The van der Waals surface area contributed by atoms with E-state index in [2.05, 4.69) is 35.4 Å². The minimum atomic E-state index is -0.133. The summed E-state index contributed by atoms with van der Waals surface area (Å²) in [6, 6.07) is 0. The van der Waals surface area contributed by atoms with Gasteiger partial charge in [-0.05, 0) is 0 Å².